The molecule has 0 atom stereocenters. The highest BCUT2D eigenvalue weighted by molar-refractivity contribution is 6.13. The van der Waals surface area contributed by atoms with Crippen LogP contribution in [-0.2, 0) is 14.4 Å². The van der Waals surface area contributed by atoms with Crippen molar-refractivity contribution in [2.24, 2.45) is 5.41 Å². The van der Waals surface area contributed by atoms with Crippen LogP contribution in [0.5, 0.6) is 0 Å². The number of ketones is 3. The Bertz CT molecular complexity index is 465. The lowest BCUT2D eigenvalue weighted by Gasteiger charge is -2.28. The van der Waals surface area contributed by atoms with E-state index in [1.807, 2.05) is 20.8 Å². The van der Waals surface area contributed by atoms with E-state index in [9.17, 15) is 14.4 Å². The van der Waals surface area contributed by atoms with Crippen molar-refractivity contribution in [3.63, 3.8) is 0 Å². The third-order valence-electron chi connectivity index (χ3n) is 3.25. The molecule has 0 N–H and O–H groups in total. The molecule has 3 heteroatoms. The smallest absolute Gasteiger partial charge is 0.185 e. The van der Waals surface area contributed by atoms with Crippen LogP contribution in [0.1, 0.15) is 60.8 Å². The van der Waals surface area contributed by atoms with Gasteiger partial charge in [0, 0.05) is 23.8 Å². The molecule has 0 unspecified atom stereocenters. The summed E-state index contributed by atoms with van der Waals surface area (Å²) in [7, 11) is 0. The van der Waals surface area contributed by atoms with Gasteiger partial charge in [0.1, 0.15) is 5.78 Å². The molecule has 0 saturated heterocycles. The molecular weight excluding hydrogens is 252 g/mol. The van der Waals surface area contributed by atoms with E-state index in [1.54, 1.807) is 13.8 Å². The highest BCUT2D eigenvalue weighted by Crippen LogP contribution is 2.35. The summed E-state index contributed by atoms with van der Waals surface area (Å²) < 4.78 is 0. The maximum atomic E-state index is 12.4. The van der Waals surface area contributed by atoms with Crippen LogP contribution in [0.3, 0.4) is 0 Å². The van der Waals surface area contributed by atoms with E-state index in [0.29, 0.717) is 23.1 Å². The Morgan fingerprint density at radius 3 is 1.90 bits per heavy atom. The predicted molar refractivity (Wildman–Crippen MR) is 81.5 cm³/mol. The minimum atomic E-state index is -0.657. The second kappa shape index (κ2) is 7.32. The number of hydrogen-bond donors (Lipinski definition) is 0. The Labute approximate surface area is 122 Å². The highest BCUT2D eigenvalue weighted by atomic mass is 16.1. The van der Waals surface area contributed by atoms with Gasteiger partial charge in [-0.15, -0.1) is 0 Å². The molecule has 0 aromatic rings. The number of carbonyl (C=O) groups excluding carboxylic acids is 3. The monoisotopic (exact) mass is 278 g/mol. The second-order valence-electron chi connectivity index (χ2n) is 6.05. The number of allylic oxidation sites excluding steroid dienone is 3. The molecule has 0 radical (unpaired) electrons. The third kappa shape index (κ3) is 4.87. The van der Waals surface area contributed by atoms with Crippen molar-refractivity contribution in [1.82, 2.24) is 0 Å². The molecule has 0 bridgehead atoms. The van der Waals surface area contributed by atoms with E-state index in [1.165, 1.54) is 6.92 Å². The summed E-state index contributed by atoms with van der Waals surface area (Å²) in [5.41, 5.74) is 0.625. The Kier molecular flexibility index (Phi) is 6.77. The van der Waals surface area contributed by atoms with E-state index in [-0.39, 0.29) is 23.8 Å². The van der Waals surface area contributed by atoms with Crippen LogP contribution in [0.25, 0.3) is 0 Å². The molecule has 3 nitrogen and oxygen atoms in total. The van der Waals surface area contributed by atoms with Crippen LogP contribution in [-0.4, -0.2) is 17.3 Å². The fraction of sp³-hybridized carbons (Fsp3) is 0.588. The zero-order valence-electron chi connectivity index (χ0n) is 13.6. The Hall–Kier alpha value is -1.51. The summed E-state index contributed by atoms with van der Waals surface area (Å²) >= 11 is 0. The van der Waals surface area contributed by atoms with Gasteiger partial charge in [0.15, 0.2) is 11.6 Å². The van der Waals surface area contributed by atoms with Crippen molar-refractivity contribution < 1.29 is 14.4 Å². The van der Waals surface area contributed by atoms with Crippen molar-refractivity contribution in [2.45, 2.75) is 60.8 Å². The molecule has 0 aliphatic carbocycles. The first kappa shape index (κ1) is 18.5. The first-order chi connectivity index (χ1) is 9.04. The summed E-state index contributed by atoms with van der Waals surface area (Å²) in [6.45, 7) is 14.1. The Balaban J connectivity index is 5.90. The van der Waals surface area contributed by atoms with Crippen molar-refractivity contribution >= 4 is 17.3 Å². The third-order valence-corrected chi connectivity index (χ3v) is 3.25. The number of rotatable bonds is 8. The molecule has 0 aromatic heterocycles. The molecule has 0 aromatic carbocycles. The van der Waals surface area contributed by atoms with E-state index in [2.05, 4.69) is 6.58 Å². The van der Waals surface area contributed by atoms with Gasteiger partial charge < -0.3 is 0 Å². The number of Topliss-reactive ketones (excluding diaryl/α,β-unsaturated/α-hetero) is 3. The van der Waals surface area contributed by atoms with E-state index >= 15 is 0 Å². The lowest BCUT2D eigenvalue weighted by atomic mass is 9.74. The van der Waals surface area contributed by atoms with E-state index in [4.69, 9.17) is 0 Å². The number of carbonyl (C=O) groups is 3. The first-order valence-corrected chi connectivity index (χ1v) is 6.98. The van der Waals surface area contributed by atoms with Crippen molar-refractivity contribution in [3.05, 3.63) is 23.3 Å². The van der Waals surface area contributed by atoms with Gasteiger partial charge in [-0.05, 0) is 38.3 Å². The van der Waals surface area contributed by atoms with Gasteiger partial charge in [0.25, 0.3) is 0 Å². The molecule has 0 saturated carbocycles. The molecule has 0 amide bonds. The van der Waals surface area contributed by atoms with Gasteiger partial charge >= 0.3 is 0 Å². The summed E-state index contributed by atoms with van der Waals surface area (Å²) in [5, 5.41) is 0. The summed E-state index contributed by atoms with van der Waals surface area (Å²) in [6, 6.07) is 0. The molecule has 0 fully saturated rings. The molecule has 0 rings (SSSR count). The fourth-order valence-electron chi connectivity index (χ4n) is 2.46. The molecule has 112 valence electrons. The minimum Gasteiger partial charge on any atom is -0.300 e. The normalized spacial score (nSPS) is 12.7. The first-order valence-electron chi connectivity index (χ1n) is 6.98. The molecule has 0 aliphatic rings. The minimum absolute atomic E-state index is 0.00208. The van der Waals surface area contributed by atoms with Gasteiger partial charge in [0.2, 0.25) is 0 Å². The quantitative estimate of drug-likeness (QED) is 0.634. The average Bonchev–Trinajstić information content (AvgIpc) is 2.26. The van der Waals surface area contributed by atoms with Gasteiger partial charge in [-0.1, -0.05) is 27.4 Å². The molecule has 20 heavy (non-hydrogen) atoms. The van der Waals surface area contributed by atoms with Gasteiger partial charge in [0.05, 0.1) is 0 Å². The van der Waals surface area contributed by atoms with Gasteiger partial charge in [-0.25, -0.2) is 0 Å². The van der Waals surface area contributed by atoms with Crippen LogP contribution in [0, 0.1) is 5.41 Å². The molecular formula is C17H26O3. The second-order valence-corrected chi connectivity index (χ2v) is 6.05. The van der Waals surface area contributed by atoms with Gasteiger partial charge in [-0.3, -0.25) is 14.4 Å². The molecule has 0 spiro atoms. The van der Waals surface area contributed by atoms with E-state index < -0.39 is 5.41 Å². The number of hydrogen-bond acceptors (Lipinski definition) is 3. The van der Waals surface area contributed by atoms with Crippen LogP contribution >= 0.6 is 0 Å². The Morgan fingerprint density at radius 1 is 1.05 bits per heavy atom. The lowest BCUT2D eigenvalue weighted by molar-refractivity contribution is -0.120. The van der Waals surface area contributed by atoms with Gasteiger partial charge in [-0.2, -0.15) is 0 Å². The Morgan fingerprint density at radius 2 is 1.55 bits per heavy atom. The fourth-order valence-corrected chi connectivity index (χ4v) is 2.46. The van der Waals surface area contributed by atoms with Crippen LogP contribution < -0.4 is 0 Å². The van der Waals surface area contributed by atoms with Crippen molar-refractivity contribution in [1.29, 1.82) is 0 Å². The molecule has 0 heterocycles. The lowest BCUT2D eigenvalue weighted by Crippen LogP contribution is -2.27. The summed E-state index contributed by atoms with van der Waals surface area (Å²) in [6.07, 6.45) is 1.38. The van der Waals surface area contributed by atoms with Crippen molar-refractivity contribution in [2.75, 3.05) is 0 Å². The SMILES string of the molecule is C=C(C)C(=O)/C(=C(/C)C(=O)CCC)C(C)(C)CC(C)=O. The predicted octanol–water partition coefficient (Wildman–Crippen LogP) is 3.82. The zero-order chi connectivity index (χ0) is 16.1. The standard InChI is InChI=1S/C17H26O3/c1-8-9-14(19)13(5)15(16(20)11(2)3)17(6,7)10-12(4)18/h2,8-10H2,1,3-7H3/b15-13+. The maximum absolute atomic E-state index is 12.4. The topological polar surface area (TPSA) is 51.2 Å². The summed E-state index contributed by atoms with van der Waals surface area (Å²) in [4.78, 5) is 36.0. The highest BCUT2D eigenvalue weighted by Gasteiger charge is 2.33. The van der Waals surface area contributed by atoms with Crippen LogP contribution in [0.4, 0.5) is 0 Å². The van der Waals surface area contributed by atoms with Crippen molar-refractivity contribution in [3.8, 4) is 0 Å². The van der Waals surface area contributed by atoms with Crippen LogP contribution in [0.2, 0.25) is 0 Å². The summed E-state index contributed by atoms with van der Waals surface area (Å²) in [5.74, 6) is -0.260. The zero-order valence-corrected chi connectivity index (χ0v) is 13.6. The van der Waals surface area contributed by atoms with E-state index in [0.717, 1.165) is 6.42 Å². The van der Waals surface area contributed by atoms with Crippen LogP contribution in [0.15, 0.2) is 23.3 Å². The maximum Gasteiger partial charge on any atom is 0.185 e. The molecule has 0 aliphatic heterocycles. The largest absolute Gasteiger partial charge is 0.300 e. The average molecular weight is 278 g/mol.